The molecule has 8 heteroatoms. The average Bonchev–Trinajstić information content (AvgIpc) is 2.69. The third kappa shape index (κ3) is 5.81. The van der Waals surface area contributed by atoms with Gasteiger partial charge in [-0.15, -0.1) is 0 Å². The number of anilines is 1. The molecule has 2 heterocycles. The van der Waals surface area contributed by atoms with Crippen LogP contribution in [0.3, 0.4) is 0 Å². The number of halogens is 1. The fraction of sp³-hybridized carbons (Fsp3) is 0.500. The van der Waals surface area contributed by atoms with Crippen LogP contribution in [-0.2, 0) is 9.53 Å². The Morgan fingerprint density at radius 2 is 2.00 bits per heavy atom. The highest BCUT2D eigenvalue weighted by atomic mass is 19.1. The van der Waals surface area contributed by atoms with Gasteiger partial charge in [-0.3, -0.25) is 9.78 Å². The van der Waals surface area contributed by atoms with E-state index >= 15 is 0 Å². The van der Waals surface area contributed by atoms with E-state index in [4.69, 9.17) is 4.74 Å². The van der Waals surface area contributed by atoms with Crippen molar-refractivity contribution in [2.24, 2.45) is 5.92 Å². The summed E-state index contributed by atoms with van der Waals surface area (Å²) in [5, 5.41) is 6.40. The average molecular weight is 416 g/mol. The highest BCUT2D eigenvalue weighted by Gasteiger charge is 2.26. The molecule has 1 unspecified atom stereocenters. The maximum Gasteiger partial charge on any atom is 0.407 e. The Morgan fingerprint density at radius 1 is 1.23 bits per heavy atom. The molecule has 1 aromatic heterocycles. The van der Waals surface area contributed by atoms with Gasteiger partial charge in [-0.05, 0) is 51.8 Å². The van der Waals surface area contributed by atoms with Gasteiger partial charge in [-0.1, -0.05) is 0 Å². The van der Waals surface area contributed by atoms with Crippen LogP contribution in [0.15, 0.2) is 30.5 Å². The number of pyridine rings is 1. The molecule has 1 aliphatic heterocycles. The first-order valence-electron chi connectivity index (χ1n) is 10.3. The molecule has 0 bridgehead atoms. The van der Waals surface area contributed by atoms with E-state index in [1.165, 1.54) is 12.1 Å². The zero-order chi connectivity index (χ0) is 21.7. The maximum absolute atomic E-state index is 13.5. The Labute approximate surface area is 176 Å². The van der Waals surface area contributed by atoms with Gasteiger partial charge >= 0.3 is 6.09 Å². The molecular weight excluding hydrogens is 387 g/mol. The van der Waals surface area contributed by atoms with Crippen molar-refractivity contribution in [1.82, 2.24) is 15.6 Å². The van der Waals surface area contributed by atoms with Crippen molar-refractivity contribution >= 4 is 28.6 Å². The Morgan fingerprint density at radius 3 is 2.77 bits per heavy atom. The number of ether oxygens (including phenoxy) is 1. The predicted molar refractivity (Wildman–Crippen MR) is 114 cm³/mol. The van der Waals surface area contributed by atoms with E-state index in [0.29, 0.717) is 25.2 Å². The lowest BCUT2D eigenvalue weighted by Gasteiger charge is -2.34. The minimum Gasteiger partial charge on any atom is -0.444 e. The summed E-state index contributed by atoms with van der Waals surface area (Å²) in [6.45, 7) is 7.45. The van der Waals surface area contributed by atoms with Crippen LogP contribution in [0.1, 0.15) is 33.6 Å². The topological polar surface area (TPSA) is 83.6 Å². The molecule has 1 aliphatic rings. The highest BCUT2D eigenvalue weighted by molar-refractivity contribution is 5.92. The van der Waals surface area contributed by atoms with Gasteiger partial charge in [-0.25, -0.2) is 9.18 Å². The molecule has 0 aliphatic carbocycles. The zero-order valence-electron chi connectivity index (χ0n) is 17.7. The standard InChI is InChI=1S/C22H29FN4O3/c1-22(2,3)30-21(29)26-11-10-25-20(28)15-5-4-12-27(14-15)19-8-9-24-18-13-16(23)6-7-17(18)19/h6-9,13,15H,4-5,10-12,14H2,1-3H3,(H,25,28)(H,26,29). The molecule has 1 aromatic carbocycles. The molecule has 3 rings (SSSR count). The lowest BCUT2D eigenvalue weighted by atomic mass is 9.96. The second-order valence-corrected chi connectivity index (χ2v) is 8.50. The van der Waals surface area contributed by atoms with E-state index in [9.17, 15) is 14.0 Å². The van der Waals surface area contributed by atoms with E-state index in [2.05, 4.69) is 20.5 Å². The van der Waals surface area contributed by atoms with E-state index in [1.54, 1.807) is 33.0 Å². The smallest absolute Gasteiger partial charge is 0.407 e. The Kier molecular flexibility index (Phi) is 6.74. The molecule has 1 saturated heterocycles. The Balaban J connectivity index is 1.54. The number of alkyl carbamates (subject to hydrolysis) is 1. The van der Waals surface area contributed by atoms with Gasteiger partial charge in [-0.2, -0.15) is 0 Å². The molecule has 2 amide bonds. The summed E-state index contributed by atoms with van der Waals surface area (Å²) < 4.78 is 18.7. The minimum absolute atomic E-state index is 0.0323. The lowest BCUT2D eigenvalue weighted by Crippen LogP contribution is -2.45. The lowest BCUT2D eigenvalue weighted by molar-refractivity contribution is -0.125. The van der Waals surface area contributed by atoms with Crippen molar-refractivity contribution in [2.75, 3.05) is 31.1 Å². The first-order chi connectivity index (χ1) is 14.2. The third-order valence-electron chi connectivity index (χ3n) is 4.91. The van der Waals surface area contributed by atoms with E-state index in [1.807, 2.05) is 6.07 Å². The van der Waals surface area contributed by atoms with Crippen molar-refractivity contribution < 1.29 is 18.7 Å². The van der Waals surface area contributed by atoms with Crippen LogP contribution in [0.5, 0.6) is 0 Å². The fourth-order valence-corrected chi connectivity index (χ4v) is 3.60. The number of carbonyl (C=O) groups is 2. The molecule has 2 aromatic rings. The molecule has 1 fully saturated rings. The van der Waals surface area contributed by atoms with Crippen LogP contribution in [0, 0.1) is 11.7 Å². The van der Waals surface area contributed by atoms with Crippen LogP contribution >= 0.6 is 0 Å². The van der Waals surface area contributed by atoms with Gasteiger partial charge in [0.1, 0.15) is 11.4 Å². The number of hydrogen-bond acceptors (Lipinski definition) is 5. The normalized spacial score (nSPS) is 16.9. The van der Waals surface area contributed by atoms with Crippen LogP contribution in [0.4, 0.5) is 14.9 Å². The van der Waals surface area contributed by atoms with Crippen molar-refractivity contribution in [2.45, 2.75) is 39.2 Å². The molecular formula is C22H29FN4O3. The van der Waals surface area contributed by atoms with Gasteiger partial charge in [0.2, 0.25) is 5.91 Å². The molecule has 162 valence electrons. The number of nitrogens with zero attached hydrogens (tertiary/aromatic N) is 2. The summed E-state index contributed by atoms with van der Waals surface area (Å²) in [7, 11) is 0. The zero-order valence-corrected chi connectivity index (χ0v) is 17.7. The first kappa shape index (κ1) is 21.8. The monoisotopic (exact) mass is 416 g/mol. The predicted octanol–water partition coefficient (Wildman–Crippen LogP) is 3.23. The van der Waals surface area contributed by atoms with Crippen molar-refractivity contribution in [1.29, 1.82) is 0 Å². The number of carbonyl (C=O) groups excluding carboxylic acids is 2. The number of amides is 2. The number of aromatic nitrogens is 1. The second-order valence-electron chi connectivity index (χ2n) is 8.50. The largest absolute Gasteiger partial charge is 0.444 e. The second kappa shape index (κ2) is 9.28. The van der Waals surface area contributed by atoms with E-state index in [-0.39, 0.29) is 17.6 Å². The summed E-state index contributed by atoms with van der Waals surface area (Å²) in [4.78, 5) is 30.7. The van der Waals surface area contributed by atoms with Gasteiger partial charge in [0.15, 0.2) is 0 Å². The van der Waals surface area contributed by atoms with Gasteiger partial charge < -0.3 is 20.3 Å². The molecule has 30 heavy (non-hydrogen) atoms. The molecule has 7 nitrogen and oxygen atoms in total. The summed E-state index contributed by atoms with van der Waals surface area (Å²) >= 11 is 0. The van der Waals surface area contributed by atoms with E-state index < -0.39 is 11.7 Å². The fourth-order valence-electron chi connectivity index (χ4n) is 3.60. The molecule has 2 N–H and O–H groups in total. The maximum atomic E-state index is 13.5. The summed E-state index contributed by atoms with van der Waals surface area (Å²) in [5.74, 6) is -0.498. The third-order valence-corrected chi connectivity index (χ3v) is 4.91. The van der Waals surface area contributed by atoms with Gasteiger partial charge in [0, 0.05) is 49.5 Å². The number of nitrogens with one attached hydrogen (secondary N) is 2. The summed E-state index contributed by atoms with van der Waals surface area (Å²) in [6, 6.07) is 6.49. The molecule has 0 saturated carbocycles. The Bertz CT molecular complexity index is 913. The number of rotatable bonds is 5. The van der Waals surface area contributed by atoms with Crippen LogP contribution < -0.4 is 15.5 Å². The first-order valence-corrected chi connectivity index (χ1v) is 10.3. The SMILES string of the molecule is CC(C)(C)OC(=O)NCCNC(=O)C1CCCN(c2ccnc3cc(F)ccc23)C1. The van der Waals surface area contributed by atoms with Crippen LogP contribution in [0.2, 0.25) is 0 Å². The quantitative estimate of drug-likeness (QED) is 0.731. The molecule has 1 atom stereocenters. The number of benzene rings is 1. The minimum atomic E-state index is -0.554. The molecule has 0 radical (unpaired) electrons. The number of hydrogen-bond donors (Lipinski definition) is 2. The van der Waals surface area contributed by atoms with Gasteiger partial charge in [0.05, 0.1) is 11.4 Å². The van der Waals surface area contributed by atoms with Crippen molar-refractivity contribution in [3.63, 3.8) is 0 Å². The number of fused-ring (bicyclic) bond motifs is 1. The number of piperidine rings is 1. The van der Waals surface area contributed by atoms with Crippen LogP contribution in [-0.4, -0.2) is 48.8 Å². The molecule has 0 spiro atoms. The summed E-state index contributed by atoms with van der Waals surface area (Å²) in [6.07, 6.45) is 2.86. The van der Waals surface area contributed by atoms with Crippen molar-refractivity contribution in [3.8, 4) is 0 Å². The van der Waals surface area contributed by atoms with Crippen LogP contribution in [0.25, 0.3) is 10.9 Å². The Hall–Kier alpha value is -2.90. The van der Waals surface area contributed by atoms with Crippen molar-refractivity contribution in [3.05, 3.63) is 36.3 Å². The highest BCUT2D eigenvalue weighted by Crippen LogP contribution is 2.29. The van der Waals surface area contributed by atoms with Gasteiger partial charge in [0.25, 0.3) is 0 Å². The van der Waals surface area contributed by atoms with E-state index in [0.717, 1.165) is 30.5 Å². The summed E-state index contributed by atoms with van der Waals surface area (Å²) in [5.41, 5.74) is 1.01.